The van der Waals surface area contributed by atoms with Crippen LogP contribution in [0.25, 0.3) is 0 Å². The highest BCUT2D eigenvalue weighted by Gasteiger charge is 2.35. The van der Waals surface area contributed by atoms with Gasteiger partial charge in [-0.2, -0.15) is 0 Å². The molecule has 0 heterocycles. The van der Waals surface area contributed by atoms with Gasteiger partial charge >= 0.3 is 5.97 Å². The van der Waals surface area contributed by atoms with Crippen LogP contribution in [0.1, 0.15) is 23.6 Å². The minimum atomic E-state index is -2.05. The number of halogens is 1. The number of hydrogen-bond donors (Lipinski definition) is 2. The van der Waals surface area contributed by atoms with Crippen LogP contribution in [0.4, 0.5) is 10.1 Å². The van der Waals surface area contributed by atoms with Crippen molar-refractivity contribution in [2.45, 2.75) is 26.4 Å². The van der Waals surface area contributed by atoms with E-state index in [-0.39, 0.29) is 5.56 Å². The fourth-order valence-corrected chi connectivity index (χ4v) is 2.32. The molecule has 0 fully saturated rings. The van der Waals surface area contributed by atoms with Gasteiger partial charge in [-0.1, -0.05) is 29.8 Å². The zero-order valence-corrected chi connectivity index (χ0v) is 14.3. The summed E-state index contributed by atoms with van der Waals surface area (Å²) in [6, 6.07) is 10.5. The zero-order valence-electron chi connectivity index (χ0n) is 14.3. The lowest BCUT2D eigenvalue weighted by molar-refractivity contribution is -0.166. The van der Waals surface area contributed by atoms with Gasteiger partial charge in [-0.15, -0.1) is 0 Å². The van der Waals surface area contributed by atoms with E-state index in [0.717, 1.165) is 17.2 Å². The summed E-state index contributed by atoms with van der Waals surface area (Å²) < 4.78 is 18.1. The Labute approximate surface area is 145 Å². The Kier molecular flexibility index (Phi) is 5.54. The number of carbonyl (C=O) groups is 2. The molecule has 1 atom stereocenters. The average Bonchev–Trinajstić information content (AvgIpc) is 2.55. The number of rotatable bonds is 5. The van der Waals surface area contributed by atoms with Crippen LogP contribution in [0.3, 0.4) is 0 Å². The summed E-state index contributed by atoms with van der Waals surface area (Å²) in [5.74, 6) is -2.15. The van der Waals surface area contributed by atoms with E-state index in [1.54, 1.807) is 6.07 Å². The van der Waals surface area contributed by atoms with Crippen LogP contribution in [0.2, 0.25) is 0 Å². The number of aliphatic hydroxyl groups is 1. The Morgan fingerprint density at radius 3 is 2.56 bits per heavy atom. The number of carbonyl (C=O) groups excluding carboxylic acids is 2. The number of nitrogens with one attached hydrogen (secondary N) is 1. The lowest BCUT2D eigenvalue weighted by Crippen LogP contribution is -2.36. The van der Waals surface area contributed by atoms with E-state index in [0.29, 0.717) is 5.69 Å². The predicted molar refractivity (Wildman–Crippen MR) is 91.5 cm³/mol. The molecular weight excluding hydrogens is 325 g/mol. The Balaban J connectivity index is 1.97. The van der Waals surface area contributed by atoms with E-state index in [2.05, 4.69) is 5.32 Å². The number of aryl methyl sites for hydroxylation is 2. The third kappa shape index (κ3) is 4.64. The van der Waals surface area contributed by atoms with Crippen molar-refractivity contribution in [3.05, 3.63) is 65.0 Å². The Morgan fingerprint density at radius 1 is 1.20 bits per heavy atom. The molecule has 0 unspecified atom stereocenters. The van der Waals surface area contributed by atoms with Crippen molar-refractivity contribution in [3.8, 4) is 0 Å². The van der Waals surface area contributed by atoms with Gasteiger partial charge in [0.1, 0.15) is 5.82 Å². The maximum Gasteiger partial charge on any atom is 0.343 e. The number of hydrogen-bond acceptors (Lipinski definition) is 4. The first-order chi connectivity index (χ1) is 11.7. The highest BCUT2D eigenvalue weighted by atomic mass is 19.1. The third-order valence-corrected chi connectivity index (χ3v) is 3.77. The van der Waals surface area contributed by atoms with E-state index in [1.807, 2.05) is 26.0 Å². The molecule has 0 saturated heterocycles. The molecule has 1 amide bonds. The molecule has 2 aromatic carbocycles. The van der Waals surface area contributed by atoms with Crippen LogP contribution >= 0.6 is 0 Å². The van der Waals surface area contributed by atoms with E-state index in [4.69, 9.17) is 4.74 Å². The normalized spacial score (nSPS) is 13.0. The molecule has 6 heteroatoms. The van der Waals surface area contributed by atoms with E-state index in [9.17, 15) is 19.1 Å². The summed E-state index contributed by atoms with van der Waals surface area (Å²) >= 11 is 0. The first kappa shape index (κ1) is 18.6. The zero-order chi connectivity index (χ0) is 18.6. The molecule has 0 radical (unpaired) electrons. The van der Waals surface area contributed by atoms with Gasteiger partial charge in [0.05, 0.1) is 0 Å². The van der Waals surface area contributed by atoms with E-state index in [1.165, 1.54) is 25.1 Å². The van der Waals surface area contributed by atoms with Gasteiger partial charge in [0.15, 0.2) is 12.2 Å². The van der Waals surface area contributed by atoms with E-state index < -0.39 is 29.9 Å². The fraction of sp³-hybridized carbons (Fsp3) is 0.263. The Bertz CT molecular complexity index is 802. The summed E-state index contributed by atoms with van der Waals surface area (Å²) in [6.45, 7) is 4.42. The number of amides is 1. The Morgan fingerprint density at radius 2 is 1.92 bits per heavy atom. The minimum absolute atomic E-state index is 0.0484. The van der Waals surface area contributed by atoms with Gasteiger partial charge in [0, 0.05) is 5.69 Å². The van der Waals surface area contributed by atoms with Crippen molar-refractivity contribution in [2.75, 3.05) is 11.9 Å². The molecule has 0 spiro atoms. The molecule has 5 nitrogen and oxygen atoms in total. The van der Waals surface area contributed by atoms with Gasteiger partial charge in [-0.05, 0) is 50.1 Å². The third-order valence-electron chi connectivity index (χ3n) is 3.77. The van der Waals surface area contributed by atoms with Crippen LogP contribution in [0, 0.1) is 19.7 Å². The van der Waals surface area contributed by atoms with Crippen molar-refractivity contribution in [1.82, 2.24) is 0 Å². The molecule has 0 saturated carbocycles. The summed E-state index contributed by atoms with van der Waals surface area (Å²) in [7, 11) is 0. The molecule has 0 aliphatic heterocycles. The van der Waals surface area contributed by atoms with Crippen LogP contribution in [0.15, 0.2) is 42.5 Å². The van der Waals surface area contributed by atoms with Crippen molar-refractivity contribution < 1.29 is 23.8 Å². The first-order valence-corrected chi connectivity index (χ1v) is 7.73. The van der Waals surface area contributed by atoms with Gasteiger partial charge in [-0.3, -0.25) is 4.79 Å². The highest BCUT2D eigenvalue weighted by molar-refractivity contribution is 5.94. The second kappa shape index (κ2) is 7.44. The molecule has 0 aliphatic carbocycles. The SMILES string of the molecule is Cc1ccc(NC(=O)COC(=O)[C@@](C)(O)c2cccc(F)c2)c(C)c1. The molecule has 0 bridgehead atoms. The van der Waals surface area contributed by atoms with Crippen molar-refractivity contribution in [2.24, 2.45) is 0 Å². The second-order valence-corrected chi connectivity index (χ2v) is 6.03. The topological polar surface area (TPSA) is 75.6 Å². The maximum absolute atomic E-state index is 13.3. The fourth-order valence-electron chi connectivity index (χ4n) is 2.32. The van der Waals surface area contributed by atoms with Crippen LogP contribution in [-0.4, -0.2) is 23.6 Å². The predicted octanol–water partition coefficient (Wildman–Crippen LogP) is 2.83. The van der Waals surface area contributed by atoms with Gasteiger partial charge < -0.3 is 15.2 Å². The molecule has 0 aliphatic rings. The number of ether oxygens (including phenoxy) is 1. The van der Waals surface area contributed by atoms with Crippen LogP contribution in [-0.2, 0) is 19.9 Å². The number of benzene rings is 2. The average molecular weight is 345 g/mol. The molecule has 2 N–H and O–H groups in total. The lowest BCUT2D eigenvalue weighted by atomic mass is 9.96. The Hall–Kier alpha value is -2.73. The molecule has 25 heavy (non-hydrogen) atoms. The summed E-state index contributed by atoms with van der Waals surface area (Å²) in [6.07, 6.45) is 0. The number of anilines is 1. The number of esters is 1. The largest absolute Gasteiger partial charge is 0.453 e. The summed E-state index contributed by atoms with van der Waals surface area (Å²) in [4.78, 5) is 24.0. The van der Waals surface area contributed by atoms with Gasteiger partial charge in [-0.25, -0.2) is 9.18 Å². The second-order valence-electron chi connectivity index (χ2n) is 6.03. The summed E-state index contributed by atoms with van der Waals surface area (Å²) in [5.41, 5.74) is 0.553. The highest BCUT2D eigenvalue weighted by Crippen LogP contribution is 2.23. The quantitative estimate of drug-likeness (QED) is 0.817. The molecule has 132 valence electrons. The van der Waals surface area contributed by atoms with Gasteiger partial charge in [0.25, 0.3) is 5.91 Å². The maximum atomic E-state index is 13.3. The van der Waals surface area contributed by atoms with E-state index >= 15 is 0 Å². The van der Waals surface area contributed by atoms with Crippen LogP contribution < -0.4 is 5.32 Å². The lowest BCUT2D eigenvalue weighted by Gasteiger charge is -2.21. The van der Waals surface area contributed by atoms with Crippen molar-refractivity contribution >= 4 is 17.6 Å². The minimum Gasteiger partial charge on any atom is -0.453 e. The smallest absolute Gasteiger partial charge is 0.343 e. The molecule has 2 aromatic rings. The monoisotopic (exact) mass is 345 g/mol. The molecule has 2 rings (SSSR count). The molecule has 0 aromatic heterocycles. The standard InChI is InChI=1S/C19H20FNO4/c1-12-7-8-16(13(2)9-12)21-17(22)11-25-18(23)19(3,24)14-5-4-6-15(20)10-14/h4-10,24H,11H2,1-3H3,(H,21,22)/t19-/m0/s1. The van der Waals surface area contributed by atoms with Crippen molar-refractivity contribution in [1.29, 1.82) is 0 Å². The van der Waals surface area contributed by atoms with Crippen LogP contribution in [0.5, 0.6) is 0 Å². The summed E-state index contributed by atoms with van der Waals surface area (Å²) in [5, 5.41) is 12.9. The first-order valence-electron chi connectivity index (χ1n) is 7.73. The molecular formula is C19H20FNO4. The van der Waals surface area contributed by atoms with Gasteiger partial charge in [0.2, 0.25) is 0 Å². The van der Waals surface area contributed by atoms with Crippen molar-refractivity contribution in [3.63, 3.8) is 0 Å².